The van der Waals surface area contributed by atoms with Gasteiger partial charge in [-0.25, -0.2) is 9.59 Å². The Morgan fingerprint density at radius 3 is 2.70 bits per heavy atom. The van der Waals surface area contributed by atoms with Crippen LogP contribution >= 0.6 is 11.8 Å². The van der Waals surface area contributed by atoms with Crippen molar-refractivity contribution in [3.8, 4) is 5.75 Å². The number of hydrogen-bond acceptors (Lipinski definition) is 7. The second-order valence-corrected chi connectivity index (χ2v) is 9.17. The van der Waals surface area contributed by atoms with Crippen LogP contribution in [0.4, 0.5) is 0 Å². The Morgan fingerprint density at radius 2 is 2.00 bits per heavy atom. The zero-order valence-electron chi connectivity index (χ0n) is 16.7. The third-order valence-corrected chi connectivity index (χ3v) is 6.00. The van der Waals surface area contributed by atoms with E-state index in [-0.39, 0.29) is 23.6 Å². The van der Waals surface area contributed by atoms with Crippen molar-refractivity contribution in [3.05, 3.63) is 52.0 Å². The number of ether oxygens (including phenoxy) is 2. The molecule has 0 aliphatic carbocycles. The lowest BCUT2D eigenvalue weighted by atomic mass is 10.0. The molecule has 4 rings (SSSR count). The zero-order valence-corrected chi connectivity index (χ0v) is 17.5. The Labute approximate surface area is 176 Å². The maximum atomic E-state index is 12.6. The summed E-state index contributed by atoms with van der Waals surface area (Å²) in [5.41, 5.74) is -0.140. The largest absolute Gasteiger partial charge is 0.489 e. The summed E-state index contributed by atoms with van der Waals surface area (Å²) in [7, 11) is 0. The lowest BCUT2D eigenvalue weighted by Crippen LogP contribution is -2.67. The molecule has 2 aliphatic rings. The van der Waals surface area contributed by atoms with E-state index in [0.29, 0.717) is 22.7 Å². The summed E-state index contributed by atoms with van der Waals surface area (Å²) in [6.07, 6.45) is -0.657. The first kappa shape index (κ1) is 20.5. The molecule has 2 aliphatic heterocycles. The molecule has 0 spiro atoms. The number of amides is 1. The average molecular weight is 431 g/mol. The lowest BCUT2D eigenvalue weighted by Gasteiger charge is -2.50. The predicted octanol–water partition coefficient (Wildman–Crippen LogP) is 2.61. The molecule has 3 heterocycles. The highest BCUT2D eigenvalue weighted by molar-refractivity contribution is 8.00. The molecule has 1 saturated heterocycles. The Bertz CT molecular complexity index is 1110. The average Bonchev–Trinajstić information content (AvgIpc) is 2.68. The number of thioether (sulfide) groups is 1. The fourth-order valence-corrected chi connectivity index (χ4v) is 4.71. The maximum Gasteiger partial charge on any atom is 0.352 e. The van der Waals surface area contributed by atoms with Crippen LogP contribution in [0.1, 0.15) is 20.8 Å². The maximum absolute atomic E-state index is 12.6. The van der Waals surface area contributed by atoms with Gasteiger partial charge in [0.15, 0.2) is 6.10 Å². The van der Waals surface area contributed by atoms with Crippen LogP contribution < -0.4 is 10.4 Å². The van der Waals surface area contributed by atoms with E-state index in [2.05, 4.69) is 0 Å². The van der Waals surface area contributed by atoms with Crippen molar-refractivity contribution >= 4 is 34.6 Å². The highest BCUT2D eigenvalue weighted by Gasteiger charge is 2.55. The van der Waals surface area contributed by atoms with E-state index in [1.54, 1.807) is 24.3 Å². The minimum Gasteiger partial charge on any atom is -0.489 e. The monoisotopic (exact) mass is 431 g/mol. The second kappa shape index (κ2) is 7.48. The Hall–Kier alpha value is -2.78. The van der Waals surface area contributed by atoms with Crippen molar-refractivity contribution in [2.24, 2.45) is 0 Å². The van der Waals surface area contributed by atoms with Gasteiger partial charge in [-0.05, 0) is 39.0 Å². The van der Waals surface area contributed by atoms with Gasteiger partial charge in [-0.1, -0.05) is 0 Å². The van der Waals surface area contributed by atoms with Crippen molar-refractivity contribution in [2.75, 3.05) is 12.4 Å². The Morgan fingerprint density at radius 1 is 1.27 bits per heavy atom. The third-order valence-electron chi connectivity index (χ3n) is 4.69. The number of carbonyl (C=O) groups excluding carboxylic acids is 1. The van der Waals surface area contributed by atoms with Crippen LogP contribution in [-0.4, -0.2) is 51.3 Å². The number of nitrogens with zero attached hydrogens (tertiary/aromatic N) is 1. The highest BCUT2D eigenvalue weighted by Crippen LogP contribution is 2.42. The molecule has 2 aromatic rings. The van der Waals surface area contributed by atoms with Gasteiger partial charge in [-0.15, -0.1) is 11.8 Å². The number of carboxylic acids is 1. The van der Waals surface area contributed by atoms with E-state index in [4.69, 9.17) is 13.9 Å². The van der Waals surface area contributed by atoms with E-state index >= 15 is 0 Å². The highest BCUT2D eigenvalue weighted by atomic mass is 32.2. The summed E-state index contributed by atoms with van der Waals surface area (Å²) in [5.74, 6) is -0.691. The molecule has 2 atom stereocenters. The van der Waals surface area contributed by atoms with E-state index < -0.39 is 23.3 Å². The molecule has 1 aromatic heterocycles. The first-order chi connectivity index (χ1) is 14.1. The summed E-state index contributed by atoms with van der Waals surface area (Å²) in [5, 5.41) is 10.1. The van der Waals surface area contributed by atoms with Crippen LogP contribution in [0.25, 0.3) is 11.0 Å². The Balaban J connectivity index is 1.54. The second-order valence-electron chi connectivity index (χ2n) is 8.06. The summed E-state index contributed by atoms with van der Waals surface area (Å²) < 4.78 is 16.7. The molecule has 0 saturated carbocycles. The van der Waals surface area contributed by atoms with Gasteiger partial charge in [-0.2, -0.15) is 0 Å². The molecule has 1 amide bonds. The standard InChI is InChI=1S/C21H21NO7S/c1-21(2,3)29-17-18(24)22-16(20(25)26)12(10-30-19(17)22)9-27-13-6-4-11-5-7-15(23)28-14(11)8-13/h4-8,17,19H,9-10H2,1-3H3,(H,25,26). The van der Waals surface area contributed by atoms with E-state index in [0.717, 1.165) is 5.39 Å². The molecule has 1 N–H and O–H groups in total. The van der Waals surface area contributed by atoms with Crippen molar-refractivity contribution in [1.29, 1.82) is 0 Å². The van der Waals surface area contributed by atoms with Crippen LogP contribution in [-0.2, 0) is 14.3 Å². The molecular formula is C21H21NO7S. The first-order valence-corrected chi connectivity index (χ1v) is 10.4. The molecule has 30 heavy (non-hydrogen) atoms. The van der Waals surface area contributed by atoms with Crippen LogP contribution in [0.5, 0.6) is 5.75 Å². The van der Waals surface area contributed by atoms with Gasteiger partial charge in [0.05, 0.1) is 5.60 Å². The minimum atomic E-state index is -1.18. The molecule has 8 nitrogen and oxygen atoms in total. The van der Waals surface area contributed by atoms with E-state index in [1.165, 1.54) is 22.7 Å². The van der Waals surface area contributed by atoms with Gasteiger partial charge in [0.2, 0.25) is 0 Å². The zero-order chi connectivity index (χ0) is 21.6. The molecule has 9 heteroatoms. The normalized spacial score (nSPS) is 21.4. The Kier molecular flexibility index (Phi) is 5.11. The summed E-state index contributed by atoms with van der Waals surface area (Å²) in [6, 6.07) is 8.03. The van der Waals surface area contributed by atoms with E-state index in [1.807, 2.05) is 20.8 Å². The third kappa shape index (κ3) is 3.82. The molecule has 158 valence electrons. The number of carboxylic acid groups (broad SMARTS) is 1. The molecule has 0 bridgehead atoms. The number of rotatable bonds is 5. The van der Waals surface area contributed by atoms with Gasteiger partial charge in [0, 0.05) is 28.8 Å². The van der Waals surface area contributed by atoms with Crippen LogP contribution in [0.15, 0.2) is 50.8 Å². The number of β-lactam (4-membered cyclic amide) rings is 1. The SMILES string of the molecule is CC(C)(C)OC1C(=O)N2C(C(=O)O)=C(COc3ccc4ccc(=O)oc4c3)CSC12. The molecular weight excluding hydrogens is 410 g/mol. The van der Waals surface area contributed by atoms with Gasteiger partial charge in [0.25, 0.3) is 5.91 Å². The van der Waals surface area contributed by atoms with Gasteiger partial charge in [-0.3, -0.25) is 9.69 Å². The summed E-state index contributed by atoms with van der Waals surface area (Å²) in [6.45, 7) is 5.57. The summed E-state index contributed by atoms with van der Waals surface area (Å²) in [4.78, 5) is 37.2. The fourth-order valence-electron chi connectivity index (χ4n) is 3.42. The summed E-state index contributed by atoms with van der Waals surface area (Å²) >= 11 is 1.45. The van der Waals surface area contributed by atoms with Gasteiger partial charge in [0.1, 0.15) is 29.0 Å². The van der Waals surface area contributed by atoms with Crippen LogP contribution in [0.2, 0.25) is 0 Å². The number of benzene rings is 1. The number of hydrogen-bond donors (Lipinski definition) is 1. The molecule has 1 fully saturated rings. The number of fused-ring (bicyclic) bond motifs is 2. The van der Waals surface area contributed by atoms with Crippen LogP contribution in [0, 0.1) is 0 Å². The number of carbonyl (C=O) groups is 2. The van der Waals surface area contributed by atoms with Crippen LogP contribution in [0.3, 0.4) is 0 Å². The number of aliphatic carboxylic acids is 1. The smallest absolute Gasteiger partial charge is 0.352 e. The molecule has 2 unspecified atom stereocenters. The topological polar surface area (TPSA) is 106 Å². The first-order valence-electron chi connectivity index (χ1n) is 9.38. The molecule has 0 radical (unpaired) electrons. The predicted molar refractivity (Wildman–Crippen MR) is 110 cm³/mol. The van der Waals surface area contributed by atoms with Crippen molar-refractivity contribution < 1.29 is 28.6 Å². The quantitative estimate of drug-likeness (QED) is 0.569. The van der Waals surface area contributed by atoms with Crippen molar-refractivity contribution in [2.45, 2.75) is 37.9 Å². The fraction of sp³-hybridized carbons (Fsp3) is 0.381. The minimum absolute atomic E-state index is 0.00149. The molecule has 1 aromatic carbocycles. The van der Waals surface area contributed by atoms with Crippen molar-refractivity contribution in [1.82, 2.24) is 4.90 Å². The van der Waals surface area contributed by atoms with E-state index in [9.17, 15) is 19.5 Å². The van der Waals surface area contributed by atoms with Crippen molar-refractivity contribution in [3.63, 3.8) is 0 Å². The van der Waals surface area contributed by atoms with Gasteiger partial charge < -0.3 is 19.0 Å². The lowest BCUT2D eigenvalue weighted by molar-refractivity contribution is -0.177. The van der Waals surface area contributed by atoms with Gasteiger partial charge >= 0.3 is 11.6 Å².